The van der Waals surface area contributed by atoms with Crippen LogP contribution in [0.25, 0.3) is 0 Å². The second-order valence-corrected chi connectivity index (χ2v) is 20.9. The van der Waals surface area contributed by atoms with Gasteiger partial charge in [0.2, 0.25) is 0 Å². The molecule has 1 aliphatic carbocycles. The van der Waals surface area contributed by atoms with Gasteiger partial charge in [-0.25, -0.2) is 0 Å². The summed E-state index contributed by atoms with van der Waals surface area (Å²) in [6.07, 6.45) is 5.37. The Morgan fingerprint density at radius 1 is 0.397 bits per heavy atom. The number of aromatic hydroxyl groups is 2. The fourth-order valence-electron chi connectivity index (χ4n) is 7.86. The Kier molecular flexibility index (Phi) is 13.8. The number of hydrogen-bond acceptors (Lipinski definition) is 6. The van der Waals surface area contributed by atoms with Gasteiger partial charge in [0.05, 0.1) is 13.2 Å². The zero-order valence-corrected chi connectivity index (χ0v) is 38.0. The zero-order chi connectivity index (χ0) is 42.8. The van der Waals surface area contributed by atoms with Crippen molar-refractivity contribution in [1.82, 2.24) is 0 Å². The van der Waals surface area contributed by atoms with Gasteiger partial charge in [0.1, 0.15) is 23.0 Å². The van der Waals surface area contributed by atoms with Crippen molar-refractivity contribution in [1.29, 1.82) is 0 Å². The van der Waals surface area contributed by atoms with Gasteiger partial charge in [0, 0.05) is 25.7 Å². The molecule has 8 bridgehead atoms. The first kappa shape index (κ1) is 45.1. The van der Waals surface area contributed by atoms with Crippen molar-refractivity contribution >= 4 is 0 Å². The molecular formula is C52H74N2O4. The van der Waals surface area contributed by atoms with E-state index in [4.69, 9.17) is 20.9 Å². The van der Waals surface area contributed by atoms with Crippen molar-refractivity contribution in [2.24, 2.45) is 11.5 Å². The number of phenolic OH excluding ortho intramolecular Hbond substituents is 2. The summed E-state index contributed by atoms with van der Waals surface area (Å²) in [5, 5.41) is 24.9. The maximum atomic E-state index is 12.4. The molecule has 0 heterocycles. The standard InChI is InChI=1S/C52H74N2O4/c1-49(2,3)41-25-33-21-37-29-43(51(7,8)9)31-39(47(37)57-19-15-13-17-53)23-35-27-42(50(4,5)6)28-36(46(35)56)24-40-32-44(52(10,11)12)30-38(22-34(26-41)45(33)55)48(40)58-20-16-14-18-54/h25-32,55-56H,13-24,53-54H2,1-12H3. The Morgan fingerprint density at radius 2 is 0.621 bits per heavy atom. The first-order valence-corrected chi connectivity index (χ1v) is 21.7. The number of hydrogen-bond donors (Lipinski definition) is 4. The van der Waals surface area contributed by atoms with Crippen molar-refractivity contribution < 1.29 is 19.7 Å². The number of benzene rings is 4. The summed E-state index contributed by atoms with van der Waals surface area (Å²) in [5.74, 6) is 2.28. The fraction of sp³-hybridized carbons (Fsp3) is 0.538. The van der Waals surface area contributed by atoms with Crippen LogP contribution in [-0.4, -0.2) is 36.5 Å². The summed E-state index contributed by atoms with van der Waals surface area (Å²) < 4.78 is 13.6. The lowest BCUT2D eigenvalue weighted by atomic mass is 9.79. The van der Waals surface area contributed by atoms with E-state index < -0.39 is 0 Å². The van der Waals surface area contributed by atoms with E-state index in [1.165, 1.54) is 22.3 Å². The van der Waals surface area contributed by atoms with Crippen LogP contribution in [0, 0.1) is 0 Å². The molecule has 5 rings (SSSR count). The average molecular weight is 791 g/mol. The first-order valence-electron chi connectivity index (χ1n) is 21.7. The molecule has 0 radical (unpaired) electrons. The minimum atomic E-state index is -0.164. The Morgan fingerprint density at radius 3 is 0.828 bits per heavy atom. The van der Waals surface area contributed by atoms with E-state index in [2.05, 4.69) is 132 Å². The summed E-state index contributed by atoms with van der Waals surface area (Å²) in [5.41, 5.74) is 23.5. The Labute approximate surface area is 350 Å². The van der Waals surface area contributed by atoms with Gasteiger partial charge in [-0.3, -0.25) is 0 Å². The van der Waals surface area contributed by atoms with Gasteiger partial charge in [-0.1, -0.05) is 132 Å². The molecule has 58 heavy (non-hydrogen) atoms. The quantitative estimate of drug-likeness (QED) is 0.105. The van der Waals surface area contributed by atoms with Gasteiger partial charge in [-0.2, -0.15) is 0 Å². The van der Waals surface area contributed by atoms with Gasteiger partial charge >= 0.3 is 0 Å². The van der Waals surface area contributed by atoms with Crippen molar-refractivity contribution in [3.05, 3.63) is 115 Å². The zero-order valence-electron chi connectivity index (χ0n) is 38.0. The number of unbranched alkanes of at least 4 members (excludes halogenated alkanes) is 2. The lowest BCUT2D eigenvalue weighted by Gasteiger charge is -2.28. The highest BCUT2D eigenvalue weighted by atomic mass is 16.5. The molecule has 6 nitrogen and oxygen atoms in total. The Bertz CT molecular complexity index is 1820. The molecular weight excluding hydrogens is 717 g/mol. The Hall–Kier alpha value is -4.00. The maximum absolute atomic E-state index is 12.4. The summed E-state index contributed by atoms with van der Waals surface area (Å²) in [4.78, 5) is 0. The molecule has 4 aromatic carbocycles. The fourth-order valence-corrected chi connectivity index (χ4v) is 7.86. The van der Waals surface area contributed by atoms with E-state index in [1.807, 2.05) is 0 Å². The molecule has 4 aromatic rings. The summed E-state index contributed by atoms with van der Waals surface area (Å²) >= 11 is 0. The van der Waals surface area contributed by atoms with Crippen LogP contribution in [0.3, 0.4) is 0 Å². The van der Waals surface area contributed by atoms with E-state index in [9.17, 15) is 10.2 Å². The van der Waals surface area contributed by atoms with Crippen LogP contribution >= 0.6 is 0 Å². The number of ether oxygens (including phenoxy) is 2. The van der Waals surface area contributed by atoms with Crippen LogP contribution in [0.4, 0.5) is 0 Å². The summed E-state index contributed by atoms with van der Waals surface area (Å²) in [7, 11) is 0. The lowest BCUT2D eigenvalue weighted by Crippen LogP contribution is -2.17. The van der Waals surface area contributed by atoms with Gasteiger partial charge < -0.3 is 31.2 Å². The van der Waals surface area contributed by atoms with Crippen molar-refractivity contribution in [2.45, 2.75) is 156 Å². The number of phenols is 2. The first-order chi connectivity index (χ1) is 27.0. The molecule has 0 saturated heterocycles. The molecule has 0 saturated carbocycles. The third-order valence-corrected chi connectivity index (χ3v) is 11.7. The highest BCUT2D eigenvalue weighted by molar-refractivity contribution is 5.59. The predicted octanol–water partition coefficient (Wildman–Crippen LogP) is 11.2. The van der Waals surface area contributed by atoms with Crippen LogP contribution in [0.2, 0.25) is 0 Å². The smallest absolute Gasteiger partial charge is 0.126 e. The van der Waals surface area contributed by atoms with Gasteiger partial charge in [0.25, 0.3) is 0 Å². The lowest BCUT2D eigenvalue weighted by molar-refractivity contribution is 0.302. The molecule has 0 amide bonds. The van der Waals surface area contributed by atoms with Crippen LogP contribution in [0.5, 0.6) is 23.0 Å². The normalized spacial score (nSPS) is 13.8. The molecule has 0 spiro atoms. The maximum Gasteiger partial charge on any atom is 0.126 e. The molecule has 0 aliphatic heterocycles. The largest absolute Gasteiger partial charge is 0.507 e. The van der Waals surface area contributed by atoms with Crippen molar-refractivity contribution in [3.8, 4) is 23.0 Å². The topological polar surface area (TPSA) is 111 Å². The van der Waals surface area contributed by atoms with E-state index in [-0.39, 0.29) is 21.7 Å². The second-order valence-electron chi connectivity index (χ2n) is 20.9. The van der Waals surface area contributed by atoms with E-state index in [0.717, 1.165) is 81.7 Å². The van der Waals surface area contributed by atoms with Crippen molar-refractivity contribution in [3.63, 3.8) is 0 Å². The Balaban J connectivity index is 1.91. The minimum absolute atomic E-state index is 0.155. The third kappa shape index (κ3) is 10.8. The average Bonchev–Trinajstić information content (AvgIpc) is 3.11. The highest BCUT2D eigenvalue weighted by Crippen LogP contribution is 2.44. The number of rotatable bonds is 10. The minimum Gasteiger partial charge on any atom is -0.507 e. The van der Waals surface area contributed by atoms with Gasteiger partial charge in [-0.15, -0.1) is 0 Å². The third-order valence-electron chi connectivity index (χ3n) is 11.7. The van der Waals surface area contributed by atoms with E-state index in [1.54, 1.807) is 0 Å². The van der Waals surface area contributed by atoms with Crippen molar-refractivity contribution in [2.75, 3.05) is 26.3 Å². The molecule has 0 aromatic heterocycles. The summed E-state index contributed by atoms with van der Waals surface area (Å²) in [6, 6.07) is 17.9. The molecule has 0 fully saturated rings. The van der Waals surface area contributed by atoms with Crippen LogP contribution < -0.4 is 20.9 Å². The molecule has 316 valence electrons. The second kappa shape index (κ2) is 17.7. The molecule has 6 N–H and O–H groups in total. The van der Waals surface area contributed by atoms with Crippen LogP contribution in [0.15, 0.2) is 48.5 Å². The van der Waals surface area contributed by atoms with Crippen LogP contribution in [0.1, 0.15) is 176 Å². The van der Waals surface area contributed by atoms with Crippen LogP contribution in [-0.2, 0) is 47.3 Å². The predicted molar refractivity (Wildman–Crippen MR) is 243 cm³/mol. The van der Waals surface area contributed by atoms with E-state index >= 15 is 0 Å². The monoisotopic (exact) mass is 791 g/mol. The summed E-state index contributed by atoms with van der Waals surface area (Å²) in [6.45, 7) is 29.1. The highest BCUT2D eigenvalue weighted by Gasteiger charge is 2.28. The van der Waals surface area contributed by atoms with Gasteiger partial charge in [0.15, 0.2) is 0 Å². The van der Waals surface area contributed by atoms with Gasteiger partial charge in [-0.05, 0) is 127 Å². The SMILES string of the molecule is CC(C)(C)c1cc2c(O)c(c1)Cc1cc(C(C)(C)C)cc(c1OCCCCN)Cc1cc(C(C)(C)C)cc(c1O)Cc1cc(C(C)(C)C)cc(c1OCCCCN)C2. The van der Waals surface area contributed by atoms with E-state index in [0.29, 0.717) is 63.5 Å². The molecule has 0 unspecified atom stereocenters. The molecule has 0 atom stereocenters. The number of nitrogens with two attached hydrogens (primary N) is 2. The molecule has 6 heteroatoms. The molecule has 1 aliphatic rings. The number of fused-ring (bicyclic) bond motifs is 8.